The Morgan fingerprint density at radius 3 is 2.63 bits per heavy atom. The number of carbonyl (C=O) groups excluding carboxylic acids is 1. The summed E-state index contributed by atoms with van der Waals surface area (Å²) in [6.45, 7) is 6.39. The van der Waals surface area contributed by atoms with Gasteiger partial charge in [0.05, 0.1) is 16.6 Å². The number of likely N-dealkylation sites (tertiary alicyclic amines) is 1. The van der Waals surface area contributed by atoms with Crippen LogP contribution in [0.2, 0.25) is 0 Å². The molecule has 1 N–H and O–H groups in total. The minimum atomic E-state index is -0.811. The van der Waals surface area contributed by atoms with Crippen LogP contribution in [0.1, 0.15) is 35.6 Å². The fraction of sp³-hybridized carbons (Fsp3) is 0.615. The zero-order chi connectivity index (χ0) is 14.2. The number of aliphatic carboxylic acids is 1. The van der Waals surface area contributed by atoms with Gasteiger partial charge in [0, 0.05) is 13.1 Å². The lowest BCUT2D eigenvalue weighted by molar-refractivity contribution is -0.150. The van der Waals surface area contributed by atoms with E-state index in [-0.39, 0.29) is 18.4 Å². The molecule has 1 fully saturated rings. The lowest BCUT2D eigenvalue weighted by atomic mass is 9.76. The third kappa shape index (κ3) is 2.25. The maximum Gasteiger partial charge on any atom is 0.311 e. The van der Waals surface area contributed by atoms with E-state index in [0.717, 1.165) is 0 Å². The molecule has 1 aliphatic heterocycles. The van der Waals surface area contributed by atoms with Gasteiger partial charge in [0.1, 0.15) is 4.88 Å². The van der Waals surface area contributed by atoms with Crippen molar-refractivity contribution in [2.75, 3.05) is 13.1 Å². The molecule has 104 valence electrons. The summed E-state index contributed by atoms with van der Waals surface area (Å²) in [5.41, 5.74) is 1.55. The van der Waals surface area contributed by atoms with Gasteiger partial charge in [-0.05, 0) is 19.3 Å². The highest BCUT2D eigenvalue weighted by atomic mass is 32.1. The normalized spacial score (nSPS) is 23.1. The topological polar surface area (TPSA) is 70.5 Å². The van der Waals surface area contributed by atoms with Gasteiger partial charge in [-0.3, -0.25) is 9.59 Å². The highest BCUT2D eigenvalue weighted by Crippen LogP contribution is 2.39. The third-order valence-corrected chi connectivity index (χ3v) is 4.98. The van der Waals surface area contributed by atoms with Crippen molar-refractivity contribution in [3.05, 3.63) is 16.1 Å². The number of hydrogen-bond acceptors (Lipinski definition) is 4. The monoisotopic (exact) mass is 282 g/mol. The van der Waals surface area contributed by atoms with E-state index in [1.54, 1.807) is 17.3 Å². The number of amides is 1. The van der Waals surface area contributed by atoms with Gasteiger partial charge < -0.3 is 10.0 Å². The lowest BCUT2D eigenvalue weighted by Gasteiger charge is -2.28. The number of carbonyl (C=O) groups is 2. The molecule has 0 saturated carbocycles. The first-order chi connectivity index (χ1) is 8.88. The zero-order valence-corrected chi connectivity index (χ0v) is 12.2. The van der Waals surface area contributed by atoms with Crippen molar-refractivity contribution in [3.8, 4) is 0 Å². The summed E-state index contributed by atoms with van der Waals surface area (Å²) in [5.74, 6) is -0.895. The fourth-order valence-corrected chi connectivity index (χ4v) is 3.32. The van der Waals surface area contributed by atoms with Crippen LogP contribution in [0, 0.1) is 18.3 Å². The second-order valence-corrected chi connectivity index (χ2v) is 6.21. The van der Waals surface area contributed by atoms with E-state index < -0.39 is 11.4 Å². The van der Waals surface area contributed by atoms with Gasteiger partial charge in [0.25, 0.3) is 5.91 Å². The van der Waals surface area contributed by atoms with E-state index in [0.29, 0.717) is 23.5 Å². The van der Waals surface area contributed by atoms with E-state index in [4.69, 9.17) is 0 Å². The van der Waals surface area contributed by atoms with Crippen molar-refractivity contribution in [1.82, 2.24) is 9.88 Å². The Morgan fingerprint density at radius 2 is 2.21 bits per heavy atom. The predicted octanol–water partition coefficient (Wildman–Crippen LogP) is 2.02. The van der Waals surface area contributed by atoms with Crippen molar-refractivity contribution in [2.45, 2.75) is 27.2 Å². The molecule has 1 unspecified atom stereocenters. The molecule has 1 aromatic rings. The number of rotatable bonds is 3. The molecule has 2 heterocycles. The van der Waals surface area contributed by atoms with Crippen molar-refractivity contribution in [2.24, 2.45) is 11.3 Å². The van der Waals surface area contributed by atoms with E-state index >= 15 is 0 Å². The second kappa shape index (κ2) is 4.92. The molecule has 0 spiro atoms. The Labute approximate surface area is 116 Å². The minimum Gasteiger partial charge on any atom is -0.481 e. The number of carboxylic acids is 1. The highest BCUT2D eigenvalue weighted by Gasteiger charge is 2.48. The maximum absolute atomic E-state index is 12.4. The van der Waals surface area contributed by atoms with Crippen molar-refractivity contribution in [1.29, 1.82) is 0 Å². The molecule has 1 atom stereocenters. The largest absolute Gasteiger partial charge is 0.481 e. The number of thiazole rings is 1. The fourth-order valence-electron chi connectivity index (χ4n) is 2.55. The molecule has 0 aliphatic carbocycles. The Morgan fingerprint density at radius 1 is 1.53 bits per heavy atom. The summed E-state index contributed by atoms with van der Waals surface area (Å²) in [6, 6.07) is 0. The zero-order valence-electron chi connectivity index (χ0n) is 11.3. The van der Waals surface area contributed by atoms with Crippen LogP contribution in [0.3, 0.4) is 0 Å². The van der Waals surface area contributed by atoms with Gasteiger partial charge in [0.15, 0.2) is 0 Å². The molecular formula is C13H18N2O3S. The molecule has 0 radical (unpaired) electrons. The lowest BCUT2D eigenvalue weighted by Crippen LogP contribution is -2.40. The van der Waals surface area contributed by atoms with Crippen LogP contribution in [0.25, 0.3) is 0 Å². The maximum atomic E-state index is 12.4. The van der Waals surface area contributed by atoms with Gasteiger partial charge in [-0.15, -0.1) is 11.3 Å². The number of carboxylic acid groups (broad SMARTS) is 1. The van der Waals surface area contributed by atoms with Gasteiger partial charge in [-0.1, -0.05) is 13.8 Å². The quantitative estimate of drug-likeness (QED) is 0.920. The summed E-state index contributed by atoms with van der Waals surface area (Å²) in [4.78, 5) is 30.2. The van der Waals surface area contributed by atoms with Crippen molar-refractivity contribution < 1.29 is 14.7 Å². The molecule has 0 aromatic carbocycles. The van der Waals surface area contributed by atoms with Crippen LogP contribution in [0.5, 0.6) is 0 Å². The van der Waals surface area contributed by atoms with Crippen molar-refractivity contribution in [3.63, 3.8) is 0 Å². The molecular weight excluding hydrogens is 264 g/mol. The molecule has 1 aromatic heterocycles. The number of aromatic nitrogens is 1. The predicted molar refractivity (Wildman–Crippen MR) is 72.3 cm³/mol. The molecule has 2 rings (SSSR count). The van der Waals surface area contributed by atoms with E-state index in [9.17, 15) is 14.7 Å². The summed E-state index contributed by atoms with van der Waals surface area (Å²) in [7, 11) is 0. The van der Waals surface area contributed by atoms with Crippen LogP contribution in [0.15, 0.2) is 5.51 Å². The molecule has 1 saturated heterocycles. The molecule has 1 amide bonds. The first-order valence-corrected chi connectivity index (χ1v) is 7.19. The first kappa shape index (κ1) is 14.0. The summed E-state index contributed by atoms with van der Waals surface area (Å²) >= 11 is 1.31. The summed E-state index contributed by atoms with van der Waals surface area (Å²) in [6.07, 6.45) is 0.517. The van der Waals surface area contributed by atoms with Gasteiger partial charge in [-0.25, -0.2) is 4.98 Å². The van der Waals surface area contributed by atoms with Crippen LogP contribution in [0.4, 0.5) is 0 Å². The van der Waals surface area contributed by atoms with Crippen LogP contribution in [-0.4, -0.2) is 40.0 Å². The average molecular weight is 282 g/mol. The second-order valence-electron chi connectivity index (χ2n) is 5.36. The molecule has 5 nitrogen and oxygen atoms in total. The highest BCUT2D eigenvalue weighted by molar-refractivity contribution is 7.11. The SMILES string of the molecule is Cc1ncsc1C(=O)N1CCC(C(=O)O)(C(C)C)C1. The van der Waals surface area contributed by atoms with Gasteiger partial charge >= 0.3 is 5.97 Å². The van der Waals surface area contributed by atoms with Crippen LogP contribution < -0.4 is 0 Å². The smallest absolute Gasteiger partial charge is 0.311 e. The average Bonchev–Trinajstić information content (AvgIpc) is 2.94. The Balaban J connectivity index is 2.20. The van der Waals surface area contributed by atoms with Crippen LogP contribution >= 0.6 is 11.3 Å². The van der Waals surface area contributed by atoms with Gasteiger partial charge in [0.2, 0.25) is 0 Å². The standard InChI is InChI=1S/C13H18N2O3S/c1-8(2)13(12(17)18)4-5-15(6-13)11(16)10-9(3)14-7-19-10/h7-8H,4-6H2,1-3H3,(H,17,18). The van der Waals surface area contributed by atoms with Crippen molar-refractivity contribution >= 4 is 23.2 Å². The Hall–Kier alpha value is -1.43. The van der Waals surface area contributed by atoms with E-state index in [1.807, 2.05) is 13.8 Å². The van der Waals surface area contributed by atoms with E-state index in [2.05, 4.69) is 4.98 Å². The molecule has 19 heavy (non-hydrogen) atoms. The number of nitrogens with zero attached hydrogens (tertiary/aromatic N) is 2. The van der Waals surface area contributed by atoms with Gasteiger partial charge in [-0.2, -0.15) is 0 Å². The first-order valence-electron chi connectivity index (χ1n) is 6.31. The minimum absolute atomic E-state index is 0.00496. The number of hydrogen-bond donors (Lipinski definition) is 1. The third-order valence-electron chi connectivity index (χ3n) is 4.06. The summed E-state index contributed by atoms with van der Waals surface area (Å²) in [5, 5.41) is 9.47. The van der Waals surface area contributed by atoms with Crippen LogP contribution in [-0.2, 0) is 4.79 Å². The number of aryl methyl sites for hydroxylation is 1. The Kier molecular flexibility index (Phi) is 3.62. The summed E-state index contributed by atoms with van der Waals surface area (Å²) < 4.78 is 0. The molecule has 6 heteroatoms. The Bertz CT molecular complexity index is 512. The molecule has 0 bridgehead atoms. The van der Waals surface area contributed by atoms with E-state index in [1.165, 1.54) is 11.3 Å². The molecule has 1 aliphatic rings.